The SMILES string of the molecule is [CH2]C(C)(CN)CCC. The van der Waals surface area contributed by atoms with Crippen LogP contribution in [0.3, 0.4) is 0 Å². The first-order valence-corrected chi connectivity index (χ1v) is 3.18. The second-order valence-corrected chi connectivity index (χ2v) is 2.76. The Morgan fingerprint density at radius 3 is 2.25 bits per heavy atom. The van der Waals surface area contributed by atoms with Crippen molar-refractivity contribution in [1.82, 2.24) is 0 Å². The van der Waals surface area contributed by atoms with Crippen LogP contribution in [-0.2, 0) is 0 Å². The van der Waals surface area contributed by atoms with Crippen molar-refractivity contribution < 1.29 is 0 Å². The summed E-state index contributed by atoms with van der Waals surface area (Å²) in [6.07, 6.45) is 2.31. The monoisotopic (exact) mass is 114 g/mol. The summed E-state index contributed by atoms with van der Waals surface area (Å²) in [6.45, 7) is 8.89. The maximum absolute atomic E-state index is 5.43. The Kier molecular flexibility index (Phi) is 3.06. The molecule has 0 saturated heterocycles. The quantitative estimate of drug-likeness (QED) is 0.592. The summed E-state index contributed by atoms with van der Waals surface area (Å²) in [5, 5.41) is 0. The molecule has 0 aliphatic heterocycles. The molecule has 1 atom stereocenters. The Hall–Kier alpha value is -0.0400. The van der Waals surface area contributed by atoms with Crippen molar-refractivity contribution in [3.05, 3.63) is 6.92 Å². The van der Waals surface area contributed by atoms with Gasteiger partial charge in [0.25, 0.3) is 0 Å². The third kappa shape index (κ3) is 3.03. The fraction of sp³-hybridized carbons (Fsp3) is 0.857. The average Bonchev–Trinajstić information content (AvgIpc) is 1.67. The zero-order chi connectivity index (χ0) is 6.62. The Morgan fingerprint density at radius 1 is 1.62 bits per heavy atom. The van der Waals surface area contributed by atoms with Gasteiger partial charge in [-0.05, 0) is 25.3 Å². The number of hydrogen-bond acceptors (Lipinski definition) is 1. The minimum Gasteiger partial charge on any atom is -0.330 e. The molecule has 0 bridgehead atoms. The van der Waals surface area contributed by atoms with Gasteiger partial charge in [-0.15, -0.1) is 0 Å². The third-order valence-electron chi connectivity index (χ3n) is 1.35. The van der Waals surface area contributed by atoms with E-state index in [1.807, 2.05) is 0 Å². The van der Waals surface area contributed by atoms with E-state index in [4.69, 9.17) is 5.73 Å². The van der Waals surface area contributed by atoms with Crippen molar-refractivity contribution in [3.63, 3.8) is 0 Å². The molecule has 0 spiro atoms. The molecule has 0 aromatic carbocycles. The van der Waals surface area contributed by atoms with Gasteiger partial charge in [0.2, 0.25) is 0 Å². The van der Waals surface area contributed by atoms with Crippen LogP contribution >= 0.6 is 0 Å². The van der Waals surface area contributed by atoms with Crippen molar-refractivity contribution in [2.24, 2.45) is 11.1 Å². The Balaban J connectivity index is 3.37. The molecule has 2 N–H and O–H groups in total. The summed E-state index contributed by atoms with van der Waals surface area (Å²) in [6, 6.07) is 0. The highest BCUT2D eigenvalue weighted by molar-refractivity contribution is 4.76. The number of hydrogen-bond donors (Lipinski definition) is 1. The molecular weight excluding hydrogens is 98.1 g/mol. The van der Waals surface area contributed by atoms with E-state index in [-0.39, 0.29) is 5.41 Å². The lowest BCUT2D eigenvalue weighted by Gasteiger charge is -2.20. The summed E-state index contributed by atoms with van der Waals surface area (Å²) in [5.74, 6) is 0. The third-order valence-corrected chi connectivity index (χ3v) is 1.35. The van der Waals surface area contributed by atoms with Gasteiger partial charge < -0.3 is 5.73 Å². The van der Waals surface area contributed by atoms with Crippen LogP contribution in [0.2, 0.25) is 0 Å². The Labute approximate surface area is 52.3 Å². The van der Waals surface area contributed by atoms with Gasteiger partial charge in [-0.2, -0.15) is 0 Å². The van der Waals surface area contributed by atoms with E-state index in [0.29, 0.717) is 6.54 Å². The van der Waals surface area contributed by atoms with Crippen molar-refractivity contribution >= 4 is 0 Å². The van der Waals surface area contributed by atoms with Gasteiger partial charge in [0.1, 0.15) is 0 Å². The van der Waals surface area contributed by atoms with E-state index < -0.39 is 0 Å². The van der Waals surface area contributed by atoms with Gasteiger partial charge in [-0.1, -0.05) is 20.3 Å². The maximum atomic E-state index is 5.43. The van der Waals surface area contributed by atoms with Gasteiger partial charge in [0.15, 0.2) is 0 Å². The molecule has 0 rings (SSSR count). The molecule has 1 radical (unpaired) electrons. The molecule has 1 heteroatoms. The van der Waals surface area contributed by atoms with Crippen molar-refractivity contribution in [1.29, 1.82) is 0 Å². The summed E-state index contributed by atoms with van der Waals surface area (Å²) < 4.78 is 0. The molecule has 0 fully saturated rings. The lowest BCUT2D eigenvalue weighted by molar-refractivity contribution is 0.394. The van der Waals surface area contributed by atoms with Crippen LogP contribution in [0.4, 0.5) is 0 Å². The average molecular weight is 114 g/mol. The lowest BCUT2D eigenvalue weighted by atomic mass is 9.89. The largest absolute Gasteiger partial charge is 0.330 e. The molecule has 1 nitrogen and oxygen atoms in total. The normalized spacial score (nSPS) is 12.0. The van der Waals surface area contributed by atoms with E-state index >= 15 is 0 Å². The molecule has 0 heterocycles. The highest BCUT2D eigenvalue weighted by Crippen LogP contribution is 2.18. The maximum Gasteiger partial charge on any atom is -0.00232 e. The first-order chi connectivity index (χ1) is 3.62. The standard InChI is InChI=1S/C7H16N/c1-4-5-7(2,3)6-8/h2,4-6,8H2,1,3H3. The minimum atomic E-state index is 0.120. The first-order valence-electron chi connectivity index (χ1n) is 3.18. The van der Waals surface area contributed by atoms with Gasteiger partial charge in [-0.25, -0.2) is 0 Å². The molecule has 0 aromatic rings. The summed E-state index contributed by atoms with van der Waals surface area (Å²) in [4.78, 5) is 0. The van der Waals surface area contributed by atoms with Crippen molar-refractivity contribution in [2.75, 3.05) is 6.54 Å². The van der Waals surface area contributed by atoms with Gasteiger partial charge in [0, 0.05) is 0 Å². The zero-order valence-corrected chi connectivity index (χ0v) is 5.91. The summed E-state index contributed by atoms with van der Waals surface area (Å²) in [7, 11) is 0. The number of nitrogens with two attached hydrogens (primary N) is 1. The van der Waals surface area contributed by atoms with Gasteiger partial charge in [-0.3, -0.25) is 0 Å². The van der Waals surface area contributed by atoms with E-state index in [1.165, 1.54) is 6.42 Å². The summed E-state index contributed by atoms with van der Waals surface area (Å²) in [5.41, 5.74) is 5.55. The first kappa shape index (κ1) is 7.96. The molecule has 0 amide bonds. The van der Waals surface area contributed by atoms with Crippen molar-refractivity contribution in [2.45, 2.75) is 26.7 Å². The second-order valence-electron chi connectivity index (χ2n) is 2.76. The van der Waals surface area contributed by atoms with Gasteiger partial charge >= 0.3 is 0 Å². The van der Waals surface area contributed by atoms with Crippen LogP contribution in [0.15, 0.2) is 0 Å². The molecular formula is C7H16N. The predicted molar refractivity (Wildman–Crippen MR) is 37.4 cm³/mol. The highest BCUT2D eigenvalue weighted by atomic mass is 14.6. The van der Waals surface area contributed by atoms with E-state index in [1.54, 1.807) is 0 Å². The molecule has 0 aromatic heterocycles. The lowest BCUT2D eigenvalue weighted by Crippen LogP contribution is -2.23. The predicted octanol–water partition coefficient (Wildman–Crippen LogP) is 1.59. The Bertz CT molecular complexity index is 57.4. The van der Waals surface area contributed by atoms with E-state index in [2.05, 4.69) is 20.8 Å². The molecule has 49 valence electrons. The fourth-order valence-electron chi connectivity index (χ4n) is 0.706. The van der Waals surface area contributed by atoms with Crippen LogP contribution in [-0.4, -0.2) is 6.54 Å². The van der Waals surface area contributed by atoms with Gasteiger partial charge in [0.05, 0.1) is 0 Å². The fourth-order valence-corrected chi connectivity index (χ4v) is 0.706. The van der Waals surface area contributed by atoms with Crippen LogP contribution in [0.25, 0.3) is 0 Å². The Morgan fingerprint density at radius 2 is 2.12 bits per heavy atom. The van der Waals surface area contributed by atoms with Crippen LogP contribution < -0.4 is 5.73 Å². The van der Waals surface area contributed by atoms with Crippen LogP contribution in [0.5, 0.6) is 0 Å². The zero-order valence-electron chi connectivity index (χ0n) is 5.91. The molecule has 1 unspecified atom stereocenters. The van der Waals surface area contributed by atoms with E-state index in [9.17, 15) is 0 Å². The van der Waals surface area contributed by atoms with Crippen molar-refractivity contribution in [3.8, 4) is 0 Å². The molecule has 0 saturated carbocycles. The van der Waals surface area contributed by atoms with Crippen LogP contribution in [0, 0.1) is 12.3 Å². The topological polar surface area (TPSA) is 26.0 Å². The van der Waals surface area contributed by atoms with E-state index in [0.717, 1.165) is 6.42 Å². The number of rotatable bonds is 3. The summed E-state index contributed by atoms with van der Waals surface area (Å²) >= 11 is 0. The highest BCUT2D eigenvalue weighted by Gasteiger charge is 2.12. The molecule has 0 aliphatic rings. The van der Waals surface area contributed by atoms with Crippen LogP contribution in [0.1, 0.15) is 26.7 Å². The molecule has 0 aliphatic carbocycles. The smallest absolute Gasteiger partial charge is 0.00232 e. The molecule has 8 heavy (non-hydrogen) atoms. The minimum absolute atomic E-state index is 0.120. The second kappa shape index (κ2) is 3.08.